The molecule has 0 atom stereocenters. The second kappa shape index (κ2) is 5.27. The molecule has 0 aliphatic carbocycles. The van der Waals surface area contributed by atoms with Crippen molar-refractivity contribution in [2.45, 2.75) is 13.5 Å². The van der Waals surface area contributed by atoms with Crippen LogP contribution in [0.1, 0.15) is 11.1 Å². The van der Waals surface area contributed by atoms with Crippen LogP contribution in [0, 0.1) is 6.92 Å². The second-order valence-corrected chi connectivity index (χ2v) is 4.75. The van der Waals surface area contributed by atoms with Crippen molar-refractivity contribution in [1.82, 2.24) is 15.2 Å². The van der Waals surface area contributed by atoms with Crippen LogP contribution in [-0.2, 0) is 6.54 Å². The lowest BCUT2D eigenvalue weighted by Gasteiger charge is -2.07. The Morgan fingerprint density at radius 3 is 2.55 bits per heavy atom. The Morgan fingerprint density at radius 2 is 1.85 bits per heavy atom. The first-order valence-electron chi connectivity index (χ1n) is 6.53. The van der Waals surface area contributed by atoms with E-state index in [1.165, 1.54) is 0 Å². The first-order chi connectivity index (χ1) is 9.79. The highest BCUT2D eigenvalue weighted by atomic mass is 15.1. The van der Waals surface area contributed by atoms with Gasteiger partial charge in [0.05, 0.1) is 11.9 Å². The summed E-state index contributed by atoms with van der Waals surface area (Å²) in [5, 5.41) is 7.27. The maximum atomic E-state index is 5.63. The van der Waals surface area contributed by atoms with Crippen LogP contribution in [0.3, 0.4) is 0 Å². The van der Waals surface area contributed by atoms with Gasteiger partial charge < -0.3 is 5.73 Å². The van der Waals surface area contributed by atoms with Gasteiger partial charge in [-0.05, 0) is 29.7 Å². The minimum atomic E-state index is 0.555. The molecule has 4 heteroatoms. The van der Waals surface area contributed by atoms with E-state index in [2.05, 4.69) is 34.2 Å². The summed E-state index contributed by atoms with van der Waals surface area (Å²) in [6.45, 7) is 2.61. The number of pyridine rings is 1. The minimum absolute atomic E-state index is 0.555. The number of aromatic nitrogens is 3. The van der Waals surface area contributed by atoms with Crippen molar-refractivity contribution in [1.29, 1.82) is 0 Å². The molecule has 0 amide bonds. The predicted octanol–water partition coefficient (Wildman–Crippen LogP) is 2.91. The Balaban J connectivity index is 2.08. The summed E-state index contributed by atoms with van der Waals surface area (Å²) in [5.41, 5.74) is 12.2. The lowest BCUT2D eigenvalue weighted by atomic mass is 9.99. The summed E-state index contributed by atoms with van der Waals surface area (Å²) in [7, 11) is 0. The van der Waals surface area contributed by atoms with Crippen molar-refractivity contribution < 1.29 is 0 Å². The zero-order valence-corrected chi connectivity index (χ0v) is 11.3. The summed E-state index contributed by atoms with van der Waals surface area (Å²) in [4.78, 5) is 4.14. The highest BCUT2D eigenvalue weighted by Gasteiger charge is 2.11. The fraction of sp³-hybridized carbons (Fsp3) is 0.125. The summed E-state index contributed by atoms with van der Waals surface area (Å²) in [5.74, 6) is 0. The summed E-state index contributed by atoms with van der Waals surface area (Å²) >= 11 is 0. The number of H-pyrrole nitrogens is 1. The number of nitrogens with two attached hydrogens (primary N) is 1. The monoisotopic (exact) mass is 264 g/mol. The molecule has 4 nitrogen and oxygen atoms in total. The molecule has 3 N–H and O–H groups in total. The van der Waals surface area contributed by atoms with Crippen LogP contribution in [0.15, 0.2) is 48.9 Å². The van der Waals surface area contributed by atoms with E-state index in [1.54, 1.807) is 6.20 Å². The molecule has 0 fully saturated rings. The van der Waals surface area contributed by atoms with Crippen molar-refractivity contribution in [2.24, 2.45) is 5.73 Å². The van der Waals surface area contributed by atoms with Gasteiger partial charge in [-0.1, -0.05) is 24.3 Å². The predicted molar refractivity (Wildman–Crippen MR) is 79.9 cm³/mol. The van der Waals surface area contributed by atoms with Crippen LogP contribution in [-0.4, -0.2) is 15.2 Å². The lowest BCUT2D eigenvalue weighted by molar-refractivity contribution is 1.07. The molecule has 100 valence electrons. The molecular weight excluding hydrogens is 248 g/mol. The van der Waals surface area contributed by atoms with E-state index in [1.807, 2.05) is 30.6 Å². The molecule has 3 aromatic rings. The van der Waals surface area contributed by atoms with Gasteiger partial charge in [0, 0.05) is 30.1 Å². The normalized spacial score (nSPS) is 10.7. The van der Waals surface area contributed by atoms with Gasteiger partial charge in [0.15, 0.2) is 0 Å². The smallest absolute Gasteiger partial charge is 0.0728 e. The van der Waals surface area contributed by atoms with Gasteiger partial charge in [-0.15, -0.1) is 0 Å². The molecule has 2 heterocycles. The molecule has 0 unspecified atom stereocenters. The van der Waals surface area contributed by atoms with E-state index in [9.17, 15) is 0 Å². The van der Waals surface area contributed by atoms with Gasteiger partial charge in [-0.3, -0.25) is 10.1 Å². The Hall–Kier alpha value is -2.46. The molecule has 0 aliphatic heterocycles. The molecular formula is C16H16N4. The van der Waals surface area contributed by atoms with E-state index in [4.69, 9.17) is 5.73 Å². The fourth-order valence-corrected chi connectivity index (χ4v) is 2.29. The van der Waals surface area contributed by atoms with Crippen molar-refractivity contribution in [3.8, 4) is 22.4 Å². The van der Waals surface area contributed by atoms with Crippen LogP contribution in [0.25, 0.3) is 22.4 Å². The van der Waals surface area contributed by atoms with Gasteiger partial charge in [0.2, 0.25) is 0 Å². The van der Waals surface area contributed by atoms with E-state index >= 15 is 0 Å². The van der Waals surface area contributed by atoms with E-state index in [0.717, 1.165) is 33.5 Å². The summed E-state index contributed by atoms with van der Waals surface area (Å²) in [6.07, 6.45) is 5.52. The third-order valence-electron chi connectivity index (χ3n) is 3.43. The van der Waals surface area contributed by atoms with Crippen LogP contribution in [0.4, 0.5) is 0 Å². The number of rotatable bonds is 3. The number of nitrogens with zero attached hydrogens (tertiary/aromatic N) is 2. The standard InChI is InChI=1S/C16H16N4/c1-11-9-18-7-6-14(11)15-10-19-20-16(15)13-4-2-12(8-17)3-5-13/h2-7,9-10H,8,17H2,1H3,(H,19,20). The molecule has 20 heavy (non-hydrogen) atoms. The summed E-state index contributed by atoms with van der Waals surface area (Å²) < 4.78 is 0. The topological polar surface area (TPSA) is 67.6 Å². The largest absolute Gasteiger partial charge is 0.326 e. The van der Waals surface area contributed by atoms with Gasteiger partial charge in [-0.2, -0.15) is 5.10 Å². The molecule has 2 aromatic heterocycles. The fourth-order valence-electron chi connectivity index (χ4n) is 2.29. The van der Waals surface area contributed by atoms with Crippen LogP contribution >= 0.6 is 0 Å². The van der Waals surface area contributed by atoms with Gasteiger partial charge >= 0.3 is 0 Å². The zero-order chi connectivity index (χ0) is 13.9. The quantitative estimate of drug-likeness (QED) is 0.764. The maximum Gasteiger partial charge on any atom is 0.0728 e. The molecule has 0 saturated heterocycles. The average molecular weight is 264 g/mol. The molecule has 3 rings (SSSR count). The number of benzene rings is 1. The van der Waals surface area contributed by atoms with Gasteiger partial charge in [0.1, 0.15) is 0 Å². The molecule has 1 aromatic carbocycles. The summed E-state index contributed by atoms with van der Waals surface area (Å²) in [6, 6.07) is 10.2. The number of hydrogen-bond acceptors (Lipinski definition) is 3. The Bertz CT molecular complexity index is 713. The molecule has 0 radical (unpaired) electrons. The number of nitrogens with one attached hydrogen (secondary N) is 1. The molecule has 0 bridgehead atoms. The first kappa shape index (κ1) is 12.6. The number of aryl methyl sites for hydroxylation is 1. The molecule has 0 aliphatic rings. The SMILES string of the molecule is Cc1cnccc1-c1cn[nH]c1-c1ccc(CN)cc1. The number of aromatic amines is 1. The van der Waals surface area contributed by atoms with Crippen LogP contribution in [0.2, 0.25) is 0 Å². The highest BCUT2D eigenvalue weighted by Crippen LogP contribution is 2.31. The maximum absolute atomic E-state index is 5.63. The molecule has 0 spiro atoms. The van der Waals surface area contributed by atoms with E-state index in [-0.39, 0.29) is 0 Å². The minimum Gasteiger partial charge on any atom is -0.326 e. The Labute approximate surface area is 117 Å². The van der Waals surface area contributed by atoms with Crippen molar-refractivity contribution in [3.05, 3.63) is 60.0 Å². The van der Waals surface area contributed by atoms with Crippen molar-refractivity contribution in [2.75, 3.05) is 0 Å². The van der Waals surface area contributed by atoms with E-state index in [0.29, 0.717) is 6.54 Å². The third kappa shape index (κ3) is 2.21. The average Bonchev–Trinajstić information content (AvgIpc) is 2.97. The van der Waals surface area contributed by atoms with Crippen molar-refractivity contribution >= 4 is 0 Å². The van der Waals surface area contributed by atoms with Crippen LogP contribution < -0.4 is 5.73 Å². The zero-order valence-electron chi connectivity index (χ0n) is 11.3. The number of hydrogen-bond donors (Lipinski definition) is 2. The van der Waals surface area contributed by atoms with Crippen molar-refractivity contribution in [3.63, 3.8) is 0 Å². The van der Waals surface area contributed by atoms with Gasteiger partial charge in [0.25, 0.3) is 0 Å². The third-order valence-corrected chi connectivity index (χ3v) is 3.43. The lowest BCUT2D eigenvalue weighted by Crippen LogP contribution is -1.95. The molecule has 0 saturated carbocycles. The highest BCUT2D eigenvalue weighted by molar-refractivity contribution is 5.81. The van der Waals surface area contributed by atoms with Crippen LogP contribution in [0.5, 0.6) is 0 Å². The first-order valence-corrected chi connectivity index (χ1v) is 6.53. The Kier molecular flexibility index (Phi) is 3.31. The van der Waals surface area contributed by atoms with E-state index < -0.39 is 0 Å². The second-order valence-electron chi connectivity index (χ2n) is 4.75. The van der Waals surface area contributed by atoms with Gasteiger partial charge in [-0.25, -0.2) is 0 Å². The Morgan fingerprint density at radius 1 is 1.05 bits per heavy atom.